The first-order valence-corrected chi connectivity index (χ1v) is 14.9. The van der Waals surface area contributed by atoms with E-state index in [1.54, 1.807) is 0 Å². The number of benzene rings is 5. The van der Waals surface area contributed by atoms with E-state index in [1.165, 1.54) is 12.1 Å². The van der Waals surface area contributed by atoms with Crippen LogP contribution < -0.4 is 4.74 Å². The molecule has 0 bridgehead atoms. The Balaban J connectivity index is 1.36. The summed E-state index contributed by atoms with van der Waals surface area (Å²) >= 11 is 0. The third-order valence-electron chi connectivity index (χ3n) is 7.79. The molecule has 5 rings (SSSR count). The van der Waals surface area contributed by atoms with E-state index in [4.69, 9.17) is 0 Å². The number of hydrogen-bond donors (Lipinski definition) is 0. The van der Waals surface area contributed by atoms with Gasteiger partial charge in [-0.15, -0.1) is 0 Å². The second-order valence-corrected chi connectivity index (χ2v) is 11.2. The average molecular weight is 695 g/mol. The highest BCUT2D eigenvalue weighted by atomic mass is 19.4. The molecule has 0 spiro atoms. The van der Waals surface area contributed by atoms with Crippen LogP contribution >= 0.6 is 0 Å². The Morgan fingerprint density at radius 3 is 1.45 bits per heavy atom. The smallest absolute Gasteiger partial charge is 0.429 e. The van der Waals surface area contributed by atoms with Gasteiger partial charge in [0.15, 0.2) is 0 Å². The minimum atomic E-state index is -5.38. The molecule has 5 aromatic rings. The molecule has 5 aromatic carbocycles. The molecule has 0 heterocycles. The maximum Gasteiger partial charge on any atom is 0.432 e. The first-order chi connectivity index (χ1) is 23.1. The van der Waals surface area contributed by atoms with Gasteiger partial charge in [-0.05, 0) is 83.1 Å². The molecule has 0 amide bonds. The number of halogens is 11. The molecule has 0 saturated carbocycles. The fourth-order valence-corrected chi connectivity index (χ4v) is 5.37. The van der Waals surface area contributed by atoms with Crippen LogP contribution in [0.4, 0.5) is 48.3 Å². The lowest BCUT2D eigenvalue weighted by atomic mass is 9.97. The molecule has 0 aliphatic rings. The van der Waals surface area contributed by atoms with E-state index in [2.05, 4.69) is 11.7 Å². The largest absolute Gasteiger partial charge is 0.432 e. The molecule has 0 N–H and O–H groups in total. The van der Waals surface area contributed by atoms with Crippen molar-refractivity contribution in [2.75, 3.05) is 0 Å². The minimum absolute atomic E-state index is 0.203. The maximum atomic E-state index is 15.2. The monoisotopic (exact) mass is 694 g/mol. The van der Waals surface area contributed by atoms with Gasteiger partial charge in [0, 0.05) is 17.2 Å². The molecule has 0 atom stereocenters. The van der Waals surface area contributed by atoms with E-state index in [0.717, 1.165) is 37.3 Å². The Morgan fingerprint density at radius 2 is 0.959 bits per heavy atom. The topological polar surface area (TPSA) is 9.23 Å². The first-order valence-electron chi connectivity index (χ1n) is 14.9. The van der Waals surface area contributed by atoms with Crippen LogP contribution in [0.5, 0.6) is 5.75 Å². The predicted molar refractivity (Wildman–Crippen MR) is 162 cm³/mol. The fraction of sp³-hybridized carbons (Fsp3) is 0.189. The number of ether oxygens (including phenoxy) is 1. The highest BCUT2D eigenvalue weighted by molar-refractivity contribution is 5.72. The number of alkyl halides is 5. The van der Waals surface area contributed by atoms with Crippen LogP contribution in [0.2, 0.25) is 0 Å². The second-order valence-electron chi connectivity index (χ2n) is 11.2. The number of rotatable bonds is 10. The van der Waals surface area contributed by atoms with E-state index >= 15 is 22.0 Å². The predicted octanol–water partition coefficient (Wildman–Crippen LogP) is 12.4. The molecule has 49 heavy (non-hydrogen) atoms. The summed E-state index contributed by atoms with van der Waals surface area (Å²) in [5.74, 6) is -11.0. The van der Waals surface area contributed by atoms with Gasteiger partial charge in [-0.3, -0.25) is 0 Å². The van der Waals surface area contributed by atoms with Crippen LogP contribution in [-0.4, -0.2) is 0 Å². The van der Waals surface area contributed by atoms with Gasteiger partial charge in [0.1, 0.15) is 51.8 Å². The second kappa shape index (κ2) is 13.9. The third kappa shape index (κ3) is 7.73. The first kappa shape index (κ1) is 35.4. The Kier molecular flexibility index (Phi) is 10.1. The summed E-state index contributed by atoms with van der Waals surface area (Å²) < 4.78 is 161. The lowest BCUT2D eigenvalue weighted by molar-refractivity contribution is -0.189. The van der Waals surface area contributed by atoms with Gasteiger partial charge in [0.2, 0.25) is 0 Å². The molecule has 0 fully saturated rings. The van der Waals surface area contributed by atoms with Crippen LogP contribution in [-0.2, 0) is 18.7 Å². The van der Waals surface area contributed by atoms with Gasteiger partial charge in [-0.1, -0.05) is 56.2 Å². The number of hydrogen-bond acceptors (Lipinski definition) is 1. The highest BCUT2D eigenvalue weighted by Gasteiger charge is 2.42. The van der Waals surface area contributed by atoms with Crippen molar-refractivity contribution in [3.63, 3.8) is 0 Å². The summed E-state index contributed by atoms with van der Waals surface area (Å²) in [5.41, 5.74) is -3.83. The van der Waals surface area contributed by atoms with Crippen LogP contribution in [0.1, 0.15) is 42.9 Å². The maximum absolute atomic E-state index is 15.2. The molecule has 12 heteroatoms. The molecule has 0 saturated heterocycles. The Morgan fingerprint density at radius 1 is 0.490 bits per heavy atom. The minimum Gasteiger partial charge on any atom is -0.429 e. The Bertz CT molecular complexity index is 1940. The lowest BCUT2D eigenvalue weighted by Gasteiger charge is -2.20. The van der Waals surface area contributed by atoms with Crippen molar-refractivity contribution in [1.29, 1.82) is 0 Å². The molecule has 0 aliphatic heterocycles. The van der Waals surface area contributed by atoms with Crippen LogP contribution in [0.15, 0.2) is 84.9 Å². The van der Waals surface area contributed by atoms with E-state index in [1.807, 2.05) is 24.3 Å². The van der Waals surface area contributed by atoms with Crippen molar-refractivity contribution in [3.05, 3.63) is 137 Å². The average Bonchev–Trinajstić information content (AvgIpc) is 2.99. The molecule has 0 aromatic heterocycles. The zero-order valence-corrected chi connectivity index (χ0v) is 25.5. The van der Waals surface area contributed by atoms with Gasteiger partial charge >= 0.3 is 12.3 Å². The Labute approximate surface area is 273 Å². The summed E-state index contributed by atoms with van der Waals surface area (Å²) in [6.07, 6.45) is -6.01. The van der Waals surface area contributed by atoms with Gasteiger partial charge in [0.25, 0.3) is 0 Å². The van der Waals surface area contributed by atoms with Gasteiger partial charge in [-0.2, -0.15) is 22.0 Å². The van der Waals surface area contributed by atoms with Gasteiger partial charge in [-0.25, -0.2) is 26.3 Å². The normalized spacial score (nSPS) is 12.0. The van der Waals surface area contributed by atoms with Gasteiger partial charge < -0.3 is 4.74 Å². The summed E-state index contributed by atoms with van der Waals surface area (Å²) in [6.45, 7) is 2.10. The molecule has 0 unspecified atom stereocenters. The molecule has 1 nitrogen and oxygen atoms in total. The molecular formula is C37H25F11O. The summed E-state index contributed by atoms with van der Waals surface area (Å²) in [4.78, 5) is 0. The van der Waals surface area contributed by atoms with Gasteiger partial charge in [0.05, 0.1) is 0 Å². The van der Waals surface area contributed by atoms with Crippen molar-refractivity contribution in [1.82, 2.24) is 0 Å². The highest BCUT2D eigenvalue weighted by Crippen LogP contribution is 2.40. The zero-order chi connectivity index (χ0) is 35.7. The van der Waals surface area contributed by atoms with Crippen molar-refractivity contribution < 1.29 is 53.0 Å². The molecule has 0 radical (unpaired) electrons. The SMILES string of the molecule is CCCCCc1ccc(-c2ccc(-c3cc(F)c(C(F)(F)Oc4ccc(-c5cc(F)c(C(F)(F)F)c(F)c5)c(F)c4)c(F)c3)c(F)c2)cc1. The van der Waals surface area contributed by atoms with Crippen LogP contribution in [0.3, 0.4) is 0 Å². The lowest BCUT2D eigenvalue weighted by Crippen LogP contribution is -2.25. The van der Waals surface area contributed by atoms with Crippen molar-refractivity contribution in [2.24, 2.45) is 0 Å². The van der Waals surface area contributed by atoms with Crippen LogP contribution in [0.25, 0.3) is 33.4 Å². The number of unbranched alkanes of at least 4 members (excludes halogenated alkanes) is 2. The Hall–Kier alpha value is -4.87. The van der Waals surface area contributed by atoms with E-state index in [0.29, 0.717) is 35.4 Å². The quantitative estimate of drug-likeness (QED) is 0.104. The molecule has 256 valence electrons. The summed E-state index contributed by atoms with van der Waals surface area (Å²) in [5, 5.41) is 0. The third-order valence-corrected chi connectivity index (χ3v) is 7.79. The van der Waals surface area contributed by atoms with E-state index in [-0.39, 0.29) is 23.8 Å². The summed E-state index contributed by atoms with van der Waals surface area (Å²) in [6, 6.07) is 14.4. The molecular weight excluding hydrogens is 669 g/mol. The van der Waals surface area contributed by atoms with Crippen molar-refractivity contribution in [3.8, 4) is 39.1 Å². The standard InChI is InChI=1S/C37H25F11O/c1-2-3-4-5-20-6-8-21(9-7-20)22-10-12-26(28(38)14-22)24-17-32(42)35(33(43)18-24)37(47,48)49-25-11-13-27(29(39)19-25)23-15-30(40)34(31(41)16-23)36(44,45)46/h6-19H,2-5H2,1H3. The zero-order valence-electron chi connectivity index (χ0n) is 25.5. The van der Waals surface area contributed by atoms with Crippen LogP contribution in [0, 0.1) is 34.9 Å². The number of aryl methyl sites for hydroxylation is 1. The molecule has 0 aliphatic carbocycles. The van der Waals surface area contributed by atoms with E-state index < -0.39 is 80.8 Å². The summed E-state index contributed by atoms with van der Waals surface area (Å²) in [7, 11) is 0. The van der Waals surface area contributed by atoms with Crippen molar-refractivity contribution >= 4 is 0 Å². The fourth-order valence-electron chi connectivity index (χ4n) is 5.37. The van der Waals surface area contributed by atoms with E-state index in [9.17, 15) is 26.3 Å². The van der Waals surface area contributed by atoms with Crippen molar-refractivity contribution in [2.45, 2.75) is 44.9 Å².